The predicted octanol–water partition coefficient (Wildman–Crippen LogP) is 3.56. The zero-order chi connectivity index (χ0) is 31.5. The number of hydrogen-bond acceptors (Lipinski definition) is 7. The quantitative estimate of drug-likeness (QED) is 0.251. The van der Waals surface area contributed by atoms with Crippen molar-refractivity contribution < 1.29 is 38.9 Å². The van der Waals surface area contributed by atoms with Gasteiger partial charge >= 0.3 is 11.9 Å². The van der Waals surface area contributed by atoms with Gasteiger partial charge in [0.15, 0.2) is 0 Å². The molecule has 0 aliphatic carbocycles. The van der Waals surface area contributed by atoms with Gasteiger partial charge in [-0.15, -0.1) is 0 Å². The zero-order valence-corrected chi connectivity index (χ0v) is 25.3. The molecular weight excluding hydrogens is 542 g/mol. The Hall–Kier alpha value is -4.12. The summed E-state index contributed by atoms with van der Waals surface area (Å²) in [6.07, 6.45) is 2.14. The third-order valence-electron chi connectivity index (χ3n) is 6.37. The first kappa shape index (κ1) is 35.9. The van der Waals surface area contributed by atoms with E-state index in [1.165, 1.54) is 0 Å². The molecule has 1 unspecified atom stereocenters. The van der Waals surface area contributed by atoms with E-state index in [1.807, 2.05) is 29.2 Å². The standard InChI is InChI=1S/C29H43N3O4.C2H2O4/c1-6-18-32(19-7-2)29(34)27(30-28(33)24-12-16-25(35-5)17-13-24)22-23-10-14-26(15-11-23)36-21-20-31(8-3)9-4;3-1(4)2(5)6/h10-17,27H,6-9,18-22H2,1-5H3,(H,30,33);(H,3,4)(H,5,6). The molecule has 0 saturated carbocycles. The van der Waals surface area contributed by atoms with Crippen LogP contribution in [0, 0.1) is 0 Å². The highest BCUT2D eigenvalue weighted by molar-refractivity contribution is 6.27. The molecule has 232 valence electrons. The van der Waals surface area contributed by atoms with Gasteiger partial charge in [0, 0.05) is 31.6 Å². The Labute approximate surface area is 248 Å². The fourth-order valence-corrected chi connectivity index (χ4v) is 4.07. The lowest BCUT2D eigenvalue weighted by molar-refractivity contribution is -0.159. The molecule has 0 saturated heterocycles. The van der Waals surface area contributed by atoms with Crippen molar-refractivity contribution in [1.29, 1.82) is 0 Å². The number of carbonyl (C=O) groups is 4. The van der Waals surface area contributed by atoms with Gasteiger partial charge in [-0.3, -0.25) is 9.59 Å². The van der Waals surface area contributed by atoms with Crippen molar-refractivity contribution >= 4 is 23.8 Å². The first-order valence-corrected chi connectivity index (χ1v) is 14.2. The number of aliphatic carboxylic acids is 2. The summed E-state index contributed by atoms with van der Waals surface area (Å²) in [6.45, 7) is 13.3. The van der Waals surface area contributed by atoms with Crippen LogP contribution >= 0.6 is 0 Å². The molecule has 2 rings (SSSR count). The summed E-state index contributed by atoms with van der Waals surface area (Å²) in [5.41, 5.74) is 1.45. The van der Waals surface area contributed by atoms with Gasteiger partial charge in [0.05, 0.1) is 7.11 Å². The maximum Gasteiger partial charge on any atom is 0.414 e. The van der Waals surface area contributed by atoms with Crippen LogP contribution in [0.15, 0.2) is 48.5 Å². The van der Waals surface area contributed by atoms with Crippen LogP contribution in [0.2, 0.25) is 0 Å². The van der Waals surface area contributed by atoms with Crippen molar-refractivity contribution in [3.63, 3.8) is 0 Å². The van der Waals surface area contributed by atoms with Crippen molar-refractivity contribution in [2.75, 3.05) is 46.4 Å². The Balaban J connectivity index is 0.00000132. The highest BCUT2D eigenvalue weighted by Crippen LogP contribution is 2.16. The smallest absolute Gasteiger partial charge is 0.414 e. The number of methoxy groups -OCH3 is 1. The maximum atomic E-state index is 13.5. The van der Waals surface area contributed by atoms with Crippen molar-refractivity contribution in [2.24, 2.45) is 0 Å². The molecule has 0 spiro atoms. The highest BCUT2D eigenvalue weighted by atomic mass is 16.5. The maximum absolute atomic E-state index is 13.5. The number of hydrogen-bond donors (Lipinski definition) is 3. The third kappa shape index (κ3) is 13.0. The van der Waals surface area contributed by atoms with Crippen molar-refractivity contribution in [3.8, 4) is 11.5 Å². The number of amides is 2. The lowest BCUT2D eigenvalue weighted by Gasteiger charge is -2.27. The topological polar surface area (TPSA) is 146 Å². The van der Waals surface area contributed by atoms with E-state index < -0.39 is 18.0 Å². The second-order valence-electron chi connectivity index (χ2n) is 9.41. The molecular formula is C31H45N3O8. The number of nitrogens with one attached hydrogen (secondary N) is 1. The van der Waals surface area contributed by atoms with Crippen molar-refractivity contribution in [2.45, 2.75) is 53.0 Å². The molecule has 0 aliphatic heterocycles. The Morgan fingerprint density at radius 2 is 1.31 bits per heavy atom. The molecule has 0 aliphatic rings. The molecule has 11 heteroatoms. The van der Waals surface area contributed by atoms with Gasteiger partial charge in [-0.05, 0) is 67.9 Å². The average molecular weight is 588 g/mol. The van der Waals surface area contributed by atoms with Crippen LogP contribution in [-0.2, 0) is 20.8 Å². The Morgan fingerprint density at radius 3 is 1.76 bits per heavy atom. The SMILES string of the molecule is CCCN(CCC)C(=O)C(Cc1ccc(OCCN(CC)CC)cc1)NC(=O)c1ccc(OC)cc1.O=C(O)C(=O)O. The second-order valence-corrected chi connectivity index (χ2v) is 9.41. The van der Waals surface area contributed by atoms with E-state index in [0.29, 0.717) is 37.4 Å². The molecule has 0 bridgehead atoms. The summed E-state index contributed by atoms with van der Waals surface area (Å²) in [6, 6.07) is 14.0. The molecule has 0 heterocycles. The van der Waals surface area contributed by atoms with Crippen LogP contribution in [0.25, 0.3) is 0 Å². The molecule has 0 fully saturated rings. The van der Waals surface area contributed by atoms with E-state index in [4.69, 9.17) is 29.3 Å². The number of benzene rings is 2. The van der Waals surface area contributed by atoms with Crippen LogP contribution in [0.4, 0.5) is 0 Å². The molecule has 2 amide bonds. The molecule has 11 nitrogen and oxygen atoms in total. The third-order valence-corrected chi connectivity index (χ3v) is 6.37. The molecule has 42 heavy (non-hydrogen) atoms. The van der Waals surface area contributed by atoms with Gasteiger partial charge in [0.1, 0.15) is 24.1 Å². The molecule has 3 N–H and O–H groups in total. The molecule has 2 aromatic rings. The van der Waals surface area contributed by atoms with Crippen molar-refractivity contribution in [3.05, 3.63) is 59.7 Å². The van der Waals surface area contributed by atoms with Gasteiger partial charge in [0.2, 0.25) is 5.91 Å². The number of carboxylic acids is 2. The summed E-state index contributed by atoms with van der Waals surface area (Å²) >= 11 is 0. The van der Waals surface area contributed by atoms with Crippen LogP contribution in [0.1, 0.15) is 56.5 Å². The lowest BCUT2D eigenvalue weighted by Crippen LogP contribution is -2.50. The fraction of sp³-hybridized carbons (Fsp3) is 0.484. The van der Waals surface area contributed by atoms with E-state index in [-0.39, 0.29) is 11.8 Å². The average Bonchev–Trinajstić information content (AvgIpc) is 2.99. The lowest BCUT2D eigenvalue weighted by atomic mass is 10.0. The van der Waals surface area contributed by atoms with Crippen LogP contribution in [0.3, 0.4) is 0 Å². The van der Waals surface area contributed by atoms with E-state index in [9.17, 15) is 9.59 Å². The number of ether oxygens (including phenoxy) is 2. The van der Waals surface area contributed by atoms with Crippen LogP contribution in [-0.4, -0.2) is 96.2 Å². The minimum Gasteiger partial charge on any atom is -0.497 e. The number of rotatable bonds is 16. The first-order valence-electron chi connectivity index (χ1n) is 14.2. The van der Waals surface area contributed by atoms with Crippen LogP contribution in [0.5, 0.6) is 11.5 Å². The Kier molecular flexibility index (Phi) is 17.0. The number of carbonyl (C=O) groups excluding carboxylic acids is 2. The molecule has 2 aromatic carbocycles. The normalized spacial score (nSPS) is 11.1. The first-order chi connectivity index (χ1) is 20.1. The minimum absolute atomic E-state index is 0.0555. The Bertz CT molecular complexity index is 1080. The number of nitrogens with zero attached hydrogens (tertiary/aromatic N) is 2. The molecule has 0 radical (unpaired) electrons. The molecule has 1 atom stereocenters. The van der Waals surface area contributed by atoms with Crippen molar-refractivity contribution in [1.82, 2.24) is 15.1 Å². The van der Waals surface area contributed by atoms with E-state index in [2.05, 4.69) is 37.9 Å². The van der Waals surface area contributed by atoms with E-state index >= 15 is 0 Å². The van der Waals surface area contributed by atoms with Gasteiger partial charge in [-0.25, -0.2) is 9.59 Å². The van der Waals surface area contributed by atoms with Gasteiger partial charge in [-0.1, -0.05) is 39.8 Å². The fourth-order valence-electron chi connectivity index (χ4n) is 4.07. The largest absolute Gasteiger partial charge is 0.497 e. The minimum atomic E-state index is -1.82. The predicted molar refractivity (Wildman–Crippen MR) is 160 cm³/mol. The number of likely N-dealkylation sites (N-methyl/N-ethyl adjacent to an activating group) is 1. The summed E-state index contributed by atoms with van der Waals surface area (Å²) in [5.74, 6) is -2.50. The second kappa shape index (κ2) is 19.9. The molecule has 0 aromatic heterocycles. The summed E-state index contributed by atoms with van der Waals surface area (Å²) in [4.78, 5) is 48.9. The Morgan fingerprint density at radius 1 is 0.786 bits per heavy atom. The van der Waals surface area contributed by atoms with Gasteiger partial charge in [-0.2, -0.15) is 0 Å². The monoisotopic (exact) mass is 587 g/mol. The summed E-state index contributed by atoms with van der Waals surface area (Å²) < 4.78 is 11.1. The highest BCUT2D eigenvalue weighted by Gasteiger charge is 2.26. The van der Waals surface area contributed by atoms with Gasteiger partial charge < -0.3 is 34.8 Å². The summed E-state index contributed by atoms with van der Waals surface area (Å²) in [5, 5.41) is 17.8. The zero-order valence-electron chi connectivity index (χ0n) is 25.3. The number of carboxylic acid groups (broad SMARTS) is 2. The van der Waals surface area contributed by atoms with E-state index in [0.717, 1.165) is 43.8 Å². The van der Waals surface area contributed by atoms with Crippen LogP contribution < -0.4 is 14.8 Å². The van der Waals surface area contributed by atoms with E-state index in [1.54, 1.807) is 31.4 Å². The van der Waals surface area contributed by atoms with Gasteiger partial charge in [0.25, 0.3) is 5.91 Å². The summed E-state index contributed by atoms with van der Waals surface area (Å²) in [7, 11) is 1.58.